The number of nitrogens with two attached hydrogens (primary N) is 1. The van der Waals surface area contributed by atoms with Gasteiger partial charge in [0, 0.05) is 16.3 Å². The number of rotatable bonds is 4. The average Bonchev–Trinajstić information content (AvgIpc) is 2.77. The Labute approximate surface area is 117 Å². The Morgan fingerprint density at radius 1 is 1.32 bits per heavy atom. The van der Waals surface area contributed by atoms with E-state index in [4.69, 9.17) is 17.3 Å². The first kappa shape index (κ1) is 13.8. The van der Waals surface area contributed by atoms with E-state index in [-0.39, 0.29) is 6.04 Å². The van der Waals surface area contributed by atoms with Gasteiger partial charge in [0.15, 0.2) is 5.82 Å². The molecule has 2 aromatic rings. The van der Waals surface area contributed by atoms with Gasteiger partial charge in [0.25, 0.3) is 0 Å². The van der Waals surface area contributed by atoms with Gasteiger partial charge in [-0.25, -0.2) is 4.68 Å². The molecule has 5 nitrogen and oxygen atoms in total. The number of anilines is 1. The lowest BCUT2D eigenvalue weighted by atomic mass is 10.0. The van der Waals surface area contributed by atoms with E-state index in [1.54, 1.807) is 6.07 Å². The van der Waals surface area contributed by atoms with Gasteiger partial charge in [-0.3, -0.25) is 0 Å². The number of benzene rings is 1. The highest BCUT2D eigenvalue weighted by Gasteiger charge is 2.20. The van der Waals surface area contributed by atoms with Crippen LogP contribution < -0.4 is 5.73 Å². The summed E-state index contributed by atoms with van der Waals surface area (Å²) in [6.45, 7) is 6.44. The molecule has 0 radical (unpaired) electrons. The molecule has 2 N–H and O–H groups in total. The molecule has 0 fully saturated rings. The van der Waals surface area contributed by atoms with Gasteiger partial charge in [0.2, 0.25) is 0 Å². The fourth-order valence-electron chi connectivity index (χ4n) is 2.28. The fourth-order valence-corrected chi connectivity index (χ4v) is 2.52. The van der Waals surface area contributed by atoms with Crippen molar-refractivity contribution >= 4 is 17.3 Å². The average molecular weight is 280 g/mol. The molecule has 0 saturated carbocycles. The molecule has 1 heterocycles. The highest BCUT2D eigenvalue weighted by Crippen LogP contribution is 2.28. The third kappa shape index (κ3) is 2.87. The van der Waals surface area contributed by atoms with E-state index < -0.39 is 0 Å². The van der Waals surface area contributed by atoms with Crippen LogP contribution >= 0.6 is 11.6 Å². The molecule has 6 heteroatoms. The van der Waals surface area contributed by atoms with Crippen molar-refractivity contribution in [3.63, 3.8) is 0 Å². The molecule has 0 amide bonds. The number of hydrogen-bond donors (Lipinski definition) is 1. The Balaban J connectivity index is 2.49. The summed E-state index contributed by atoms with van der Waals surface area (Å²) in [6, 6.07) is 5.62. The largest absolute Gasteiger partial charge is 0.399 e. The monoisotopic (exact) mass is 279 g/mol. The van der Waals surface area contributed by atoms with Crippen molar-refractivity contribution in [1.82, 2.24) is 20.2 Å². The topological polar surface area (TPSA) is 69.6 Å². The van der Waals surface area contributed by atoms with E-state index in [0.717, 1.165) is 12.0 Å². The van der Waals surface area contributed by atoms with Crippen molar-refractivity contribution in [2.45, 2.75) is 33.2 Å². The highest BCUT2D eigenvalue weighted by atomic mass is 35.5. The fraction of sp³-hybridized carbons (Fsp3) is 0.462. The minimum absolute atomic E-state index is 0.255. The smallest absolute Gasteiger partial charge is 0.182 e. The molecule has 19 heavy (non-hydrogen) atoms. The first-order valence-corrected chi connectivity index (χ1v) is 6.75. The van der Waals surface area contributed by atoms with Gasteiger partial charge in [-0.05, 0) is 41.0 Å². The van der Waals surface area contributed by atoms with Gasteiger partial charge in [-0.2, -0.15) is 0 Å². The first-order valence-electron chi connectivity index (χ1n) is 6.37. The van der Waals surface area contributed by atoms with E-state index in [1.165, 1.54) is 0 Å². The molecule has 2 rings (SSSR count). The molecule has 1 unspecified atom stereocenters. The summed E-state index contributed by atoms with van der Waals surface area (Å²) in [4.78, 5) is 0. The molecule has 0 spiro atoms. The predicted octanol–water partition coefficient (Wildman–Crippen LogP) is 3.18. The Kier molecular flexibility index (Phi) is 4.04. The second-order valence-electron chi connectivity index (χ2n) is 4.94. The quantitative estimate of drug-likeness (QED) is 0.873. The first-order chi connectivity index (χ1) is 9.02. The van der Waals surface area contributed by atoms with E-state index in [2.05, 4.69) is 36.3 Å². The van der Waals surface area contributed by atoms with Crippen LogP contribution in [0.2, 0.25) is 5.02 Å². The van der Waals surface area contributed by atoms with Crippen LogP contribution in [0.15, 0.2) is 18.2 Å². The Hall–Kier alpha value is -1.62. The maximum absolute atomic E-state index is 6.04. The number of halogens is 1. The Bertz CT molecular complexity index is 544. The van der Waals surface area contributed by atoms with Crippen LogP contribution in [0.3, 0.4) is 0 Å². The second-order valence-corrected chi connectivity index (χ2v) is 5.38. The van der Waals surface area contributed by atoms with Gasteiger partial charge in [0.1, 0.15) is 0 Å². The molecule has 1 aromatic carbocycles. The van der Waals surface area contributed by atoms with E-state index in [9.17, 15) is 0 Å². The van der Waals surface area contributed by atoms with Crippen molar-refractivity contribution < 1.29 is 0 Å². The summed E-state index contributed by atoms with van der Waals surface area (Å²) < 4.78 is 1.86. The molecule has 1 atom stereocenters. The number of tetrazole rings is 1. The molecule has 0 aliphatic carbocycles. The lowest BCUT2D eigenvalue weighted by molar-refractivity contribution is 0.333. The molecule has 0 aliphatic heterocycles. The van der Waals surface area contributed by atoms with Gasteiger partial charge >= 0.3 is 0 Å². The molecule has 1 aromatic heterocycles. The van der Waals surface area contributed by atoms with E-state index in [1.807, 2.05) is 16.8 Å². The zero-order valence-corrected chi connectivity index (χ0v) is 12.1. The SMILES string of the molecule is CCC(C(C)C)n1nnnc1-c1cc(N)cc(Cl)c1. The van der Waals surface area contributed by atoms with Gasteiger partial charge in [0.05, 0.1) is 6.04 Å². The molecule has 0 aliphatic rings. The van der Waals surface area contributed by atoms with Crippen LogP contribution in [0.4, 0.5) is 5.69 Å². The summed E-state index contributed by atoms with van der Waals surface area (Å²) in [5.41, 5.74) is 7.27. The van der Waals surface area contributed by atoms with E-state index in [0.29, 0.717) is 22.5 Å². The van der Waals surface area contributed by atoms with Crippen molar-refractivity contribution in [1.29, 1.82) is 0 Å². The van der Waals surface area contributed by atoms with Crippen molar-refractivity contribution in [2.75, 3.05) is 5.73 Å². The van der Waals surface area contributed by atoms with Crippen LogP contribution in [0.5, 0.6) is 0 Å². The van der Waals surface area contributed by atoms with E-state index >= 15 is 0 Å². The Morgan fingerprint density at radius 3 is 2.63 bits per heavy atom. The summed E-state index contributed by atoms with van der Waals surface area (Å²) in [7, 11) is 0. The number of aromatic nitrogens is 4. The van der Waals surface area contributed by atoms with Crippen LogP contribution in [0.1, 0.15) is 33.2 Å². The second kappa shape index (κ2) is 5.57. The van der Waals surface area contributed by atoms with Crippen LogP contribution in [0, 0.1) is 5.92 Å². The zero-order valence-electron chi connectivity index (χ0n) is 11.3. The van der Waals surface area contributed by atoms with Gasteiger partial charge in [-0.15, -0.1) is 5.10 Å². The molecule has 0 bridgehead atoms. The summed E-state index contributed by atoms with van der Waals surface area (Å²) in [6.07, 6.45) is 0.964. The molecular weight excluding hydrogens is 262 g/mol. The summed E-state index contributed by atoms with van der Waals surface area (Å²) in [5, 5.41) is 12.6. The van der Waals surface area contributed by atoms with Crippen LogP contribution in [-0.2, 0) is 0 Å². The Morgan fingerprint density at radius 2 is 2.05 bits per heavy atom. The number of nitrogens with zero attached hydrogens (tertiary/aromatic N) is 4. The number of nitrogen functional groups attached to an aromatic ring is 1. The zero-order chi connectivity index (χ0) is 14.0. The molecule has 0 saturated heterocycles. The third-order valence-electron chi connectivity index (χ3n) is 3.17. The number of hydrogen-bond acceptors (Lipinski definition) is 4. The van der Waals surface area contributed by atoms with Crippen molar-refractivity contribution in [3.05, 3.63) is 23.2 Å². The standard InChI is InChI=1S/C13H18ClN5/c1-4-12(8(2)3)19-13(16-17-18-19)9-5-10(14)7-11(15)6-9/h5-8,12H,4,15H2,1-3H3. The minimum atomic E-state index is 0.255. The summed E-state index contributed by atoms with van der Waals surface area (Å²) >= 11 is 6.04. The van der Waals surface area contributed by atoms with Gasteiger partial charge in [-0.1, -0.05) is 32.4 Å². The van der Waals surface area contributed by atoms with Crippen LogP contribution in [-0.4, -0.2) is 20.2 Å². The lowest BCUT2D eigenvalue weighted by Gasteiger charge is -2.20. The van der Waals surface area contributed by atoms with Crippen molar-refractivity contribution in [2.24, 2.45) is 5.92 Å². The molecule has 102 valence electrons. The lowest BCUT2D eigenvalue weighted by Crippen LogP contribution is -2.17. The maximum atomic E-state index is 6.04. The summed E-state index contributed by atoms with van der Waals surface area (Å²) in [5.74, 6) is 1.15. The normalized spacial score (nSPS) is 12.9. The molecular formula is C13H18ClN5. The van der Waals surface area contributed by atoms with Crippen LogP contribution in [0.25, 0.3) is 11.4 Å². The maximum Gasteiger partial charge on any atom is 0.182 e. The third-order valence-corrected chi connectivity index (χ3v) is 3.39. The van der Waals surface area contributed by atoms with Gasteiger partial charge < -0.3 is 5.73 Å². The predicted molar refractivity (Wildman–Crippen MR) is 76.8 cm³/mol. The highest BCUT2D eigenvalue weighted by molar-refractivity contribution is 6.31. The minimum Gasteiger partial charge on any atom is -0.399 e. The van der Waals surface area contributed by atoms with Crippen molar-refractivity contribution in [3.8, 4) is 11.4 Å².